The first-order valence-corrected chi connectivity index (χ1v) is 6.83. The highest BCUT2D eigenvalue weighted by Crippen LogP contribution is 2.36. The van der Waals surface area contributed by atoms with Crippen molar-refractivity contribution in [3.63, 3.8) is 0 Å². The van der Waals surface area contributed by atoms with Gasteiger partial charge in [0.05, 0.1) is 16.8 Å². The van der Waals surface area contributed by atoms with E-state index in [4.69, 9.17) is 14.0 Å². The van der Waals surface area contributed by atoms with Gasteiger partial charge in [-0.2, -0.15) is 0 Å². The van der Waals surface area contributed by atoms with Crippen molar-refractivity contribution in [2.75, 3.05) is 0 Å². The molecule has 19 heavy (non-hydrogen) atoms. The van der Waals surface area contributed by atoms with Crippen molar-refractivity contribution in [3.8, 4) is 0 Å². The second-order valence-electron chi connectivity index (χ2n) is 7.63. The predicted molar refractivity (Wildman–Crippen MR) is 77.9 cm³/mol. The number of hydrogen-bond donors (Lipinski definition) is 1. The van der Waals surface area contributed by atoms with Crippen LogP contribution in [0.15, 0.2) is 0 Å². The third-order valence-corrected chi connectivity index (χ3v) is 3.63. The summed E-state index contributed by atoms with van der Waals surface area (Å²) in [6.07, 6.45) is 0.524. The Morgan fingerprint density at radius 2 is 1.47 bits per heavy atom. The van der Waals surface area contributed by atoms with Crippen LogP contribution in [0.25, 0.3) is 0 Å². The zero-order valence-electron chi connectivity index (χ0n) is 13.5. The van der Waals surface area contributed by atoms with Gasteiger partial charge in [-0.15, -0.1) is 0 Å². The molecule has 0 bridgehead atoms. The van der Waals surface area contributed by atoms with Gasteiger partial charge in [-0.1, -0.05) is 0 Å². The summed E-state index contributed by atoms with van der Waals surface area (Å²) < 4.78 is 17.4. The Hall–Kier alpha value is -0.0301. The average Bonchev–Trinajstić information content (AvgIpc) is 2.28. The first-order chi connectivity index (χ1) is 8.24. The summed E-state index contributed by atoms with van der Waals surface area (Å²) in [6.45, 7) is 15.4. The molecule has 1 aliphatic heterocycles. The van der Waals surface area contributed by atoms with Gasteiger partial charge in [0.1, 0.15) is 0 Å². The fourth-order valence-electron chi connectivity index (χ4n) is 2.27. The summed E-state index contributed by atoms with van der Waals surface area (Å²) in [6, 6.07) is 0. The third-order valence-electron chi connectivity index (χ3n) is 3.63. The molecule has 1 N–H and O–H groups in total. The lowest BCUT2D eigenvalue weighted by Crippen LogP contribution is -2.41. The second kappa shape index (κ2) is 5.06. The summed E-state index contributed by atoms with van der Waals surface area (Å²) in [5.74, 6) is 0. The second-order valence-corrected chi connectivity index (χ2v) is 7.63. The highest BCUT2D eigenvalue weighted by atomic mass is 16.7. The van der Waals surface area contributed by atoms with Crippen molar-refractivity contribution < 1.29 is 19.1 Å². The molecule has 1 rings (SSSR count). The molecule has 0 saturated carbocycles. The maximum atomic E-state index is 9.86. The lowest BCUT2D eigenvalue weighted by atomic mass is 9.55. The molecule has 1 heterocycles. The minimum atomic E-state index is -0.771. The van der Waals surface area contributed by atoms with Crippen molar-refractivity contribution in [3.05, 3.63) is 0 Å². The topological polar surface area (TPSA) is 47.9 Å². The summed E-state index contributed by atoms with van der Waals surface area (Å²) in [7, 11) is 1.11. The molecule has 0 spiro atoms. The molecule has 4 nitrogen and oxygen atoms in total. The van der Waals surface area contributed by atoms with Gasteiger partial charge in [0.2, 0.25) is 0 Å². The molecule has 0 amide bonds. The van der Waals surface area contributed by atoms with Crippen LogP contribution in [0.1, 0.15) is 61.8 Å². The first-order valence-electron chi connectivity index (χ1n) is 6.83. The third kappa shape index (κ3) is 4.78. The molecule has 0 aliphatic carbocycles. The van der Waals surface area contributed by atoms with Crippen molar-refractivity contribution in [2.24, 2.45) is 0 Å². The van der Waals surface area contributed by atoms with Gasteiger partial charge < -0.3 is 19.1 Å². The van der Waals surface area contributed by atoms with E-state index < -0.39 is 18.2 Å². The van der Waals surface area contributed by atoms with E-state index in [1.165, 1.54) is 0 Å². The van der Waals surface area contributed by atoms with Crippen molar-refractivity contribution in [2.45, 2.75) is 84.2 Å². The number of aliphatic hydroxyl groups is 1. The molecule has 1 radical (unpaired) electrons. The zero-order chi connectivity index (χ0) is 15.1. The Morgan fingerprint density at radius 3 is 1.84 bits per heavy atom. The Kier molecular flexibility index (Phi) is 4.54. The quantitative estimate of drug-likeness (QED) is 0.777. The van der Waals surface area contributed by atoms with Crippen LogP contribution in [0, 0.1) is 0 Å². The minimum Gasteiger partial charge on any atom is -0.438 e. The molecule has 109 valence electrons. The Bertz CT molecular complexity index is 305. The van der Waals surface area contributed by atoms with Gasteiger partial charge >= 0.3 is 14.4 Å². The van der Waals surface area contributed by atoms with Crippen molar-refractivity contribution in [1.82, 2.24) is 0 Å². The molecular weight excluding hydrogens is 242 g/mol. The molecule has 0 atom stereocenters. The zero-order valence-corrected chi connectivity index (χ0v) is 13.5. The fraction of sp³-hybridized carbons (Fsp3) is 1.00. The Morgan fingerprint density at radius 1 is 1.05 bits per heavy atom. The summed E-state index contributed by atoms with van der Waals surface area (Å²) in [5, 5.41) is 9.86. The lowest BCUT2D eigenvalue weighted by Gasteiger charge is -2.32. The normalized spacial score (nSPS) is 22.7. The van der Waals surface area contributed by atoms with E-state index in [0.717, 1.165) is 0 Å². The van der Waals surface area contributed by atoms with Gasteiger partial charge in [0.25, 0.3) is 0 Å². The molecule has 1 aliphatic rings. The van der Waals surface area contributed by atoms with E-state index in [-0.39, 0.29) is 11.2 Å². The number of hydrogen-bond acceptors (Lipinski definition) is 4. The van der Waals surface area contributed by atoms with Gasteiger partial charge in [-0.05, 0) is 55.4 Å². The summed E-state index contributed by atoms with van der Waals surface area (Å²) >= 11 is 0. The number of rotatable bonds is 5. The van der Waals surface area contributed by atoms with Crippen LogP contribution in [-0.2, 0) is 14.0 Å². The SMILES string of the molecule is CC(C)(O)CC(C)(C)O[B]B1OC(C)(C)C(C)(C)O1. The highest BCUT2D eigenvalue weighted by molar-refractivity contribution is 7.03. The average molecular weight is 269 g/mol. The van der Waals surface area contributed by atoms with Crippen molar-refractivity contribution >= 4 is 14.4 Å². The van der Waals surface area contributed by atoms with Crippen LogP contribution in [0.2, 0.25) is 0 Å². The van der Waals surface area contributed by atoms with Crippen LogP contribution < -0.4 is 0 Å². The van der Waals surface area contributed by atoms with Gasteiger partial charge in [-0.25, -0.2) is 0 Å². The molecule has 0 aromatic rings. The molecular formula is C13H27B2O4. The standard InChI is InChI=1S/C13H27B2O4/c1-10(2,16)9-11(3,4)17-14-15-18-12(5,6)13(7,8)19-15/h16H,9H2,1-8H3. The van der Waals surface area contributed by atoms with Crippen LogP contribution in [0.4, 0.5) is 0 Å². The maximum Gasteiger partial charge on any atom is 0.439 e. The van der Waals surface area contributed by atoms with E-state index in [2.05, 4.69) is 0 Å². The molecule has 1 fully saturated rings. The van der Waals surface area contributed by atoms with Gasteiger partial charge in [0.15, 0.2) is 0 Å². The Balaban J connectivity index is 2.51. The summed E-state index contributed by atoms with van der Waals surface area (Å²) in [4.78, 5) is 0. The predicted octanol–water partition coefficient (Wildman–Crippen LogP) is 2.15. The van der Waals surface area contributed by atoms with Crippen LogP contribution >= 0.6 is 0 Å². The van der Waals surface area contributed by atoms with Gasteiger partial charge in [-0.3, -0.25) is 0 Å². The van der Waals surface area contributed by atoms with E-state index >= 15 is 0 Å². The maximum absolute atomic E-state index is 9.86. The molecule has 0 aromatic carbocycles. The van der Waals surface area contributed by atoms with Gasteiger partial charge in [0, 0.05) is 12.0 Å². The smallest absolute Gasteiger partial charge is 0.438 e. The van der Waals surface area contributed by atoms with Crippen LogP contribution in [0.3, 0.4) is 0 Å². The van der Waals surface area contributed by atoms with Crippen LogP contribution in [0.5, 0.6) is 0 Å². The first kappa shape index (κ1) is 17.0. The largest absolute Gasteiger partial charge is 0.439 e. The fourth-order valence-corrected chi connectivity index (χ4v) is 2.27. The summed E-state index contributed by atoms with van der Waals surface area (Å²) in [5.41, 5.74) is -1.97. The molecule has 1 saturated heterocycles. The van der Waals surface area contributed by atoms with E-state index in [9.17, 15) is 5.11 Å². The monoisotopic (exact) mass is 269 g/mol. The van der Waals surface area contributed by atoms with E-state index in [1.807, 2.05) is 41.5 Å². The minimum absolute atomic E-state index is 0.363. The van der Waals surface area contributed by atoms with Crippen LogP contribution in [-0.4, -0.2) is 41.9 Å². The molecule has 6 heteroatoms. The molecule has 0 aromatic heterocycles. The Labute approximate surface area is 118 Å². The molecule has 0 unspecified atom stereocenters. The van der Waals surface area contributed by atoms with E-state index in [1.54, 1.807) is 21.2 Å². The lowest BCUT2D eigenvalue weighted by molar-refractivity contribution is -0.00891. The highest BCUT2D eigenvalue weighted by Gasteiger charge is 2.51. The van der Waals surface area contributed by atoms with E-state index in [0.29, 0.717) is 6.42 Å². The van der Waals surface area contributed by atoms with Crippen molar-refractivity contribution in [1.29, 1.82) is 0 Å².